The van der Waals surface area contributed by atoms with Crippen LogP contribution in [0.4, 0.5) is 0 Å². The first-order valence-electron chi connectivity index (χ1n) is 3.91. The van der Waals surface area contributed by atoms with E-state index in [4.69, 9.17) is 10.3 Å². The largest absolute Gasteiger partial charge is 0.339 e. The standard InChI is InChI=1S/C7H13N3OS/c1-2-6(8)3-12-4-7-9-5-10-11-7/h5-6H,2-4,8H2,1H3. The molecule has 1 atom stereocenters. The monoisotopic (exact) mass is 187 g/mol. The first-order chi connectivity index (χ1) is 5.83. The SMILES string of the molecule is CCC(N)CSCc1ncno1. The molecular weight excluding hydrogens is 174 g/mol. The zero-order valence-corrected chi connectivity index (χ0v) is 7.88. The Morgan fingerprint density at radius 1 is 1.75 bits per heavy atom. The van der Waals surface area contributed by atoms with Crippen molar-refractivity contribution in [2.24, 2.45) is 5.73 Å². The van der Waals surface area contributed by atoms with Crippen LogP contribution in [-0.2, 0) is 5.75 Å². The van der Waals surface area contributed by atoms with Gasteiger partial charge in [0, 0.05) is 11.8 Å². The highest BCUT2D eigenvalue weighted by Crippen LogP contribution is 2.10. The molecule has 68 valence electrons. The van der Waals surface area contributed by atoms with Gasteiger partial charge in [-0.05, 0) is 6.42 Å². The van der Waals surface area contributed by atoms with Gasteiger partial charge >= 0.3 is 0 Å². The quantitative estimate of drug-likeness (QED) is 0.746. The lowest BCUT2D eigenvalue weighted by Crippen LogP contribution is -2.21. The number of hydrogen-bond donors (Lipinski definition) is 1. The molecule has 0 amide bonds. The second kappa shape index (κ2) is 5.16. The van der Waals surface area contributed by atoms with Crippen molar-refractivity contribution in [3.05, 3.63) is 12.2 Å². The highest BCUT2D eigenvalue weighted by Gasteiger charge is 2.02. The van der Waals surface area contributed by atoms with Crippen LogP contribution in [-0.4, -0.2) is 21.9 Å². The summed E-state index contributed by atoms with van der Waals surface area (Å²) in [7, 11) is 0. The summed E-state index contributed by atoms with van der Waals surface area (Å²) in [6, 6.07) is 0.276. The van der Waals surface area contributed by atoms with Crippen LogP contribution in [0.15, 0.2) is 10.9 Å². The van der Waals surface area contributed by atoms with Crippen molar-refractivity contribution in [1.82, 2.24) is 10.1 Å². The summed E-state index contributed by atoms with van der Waals surface area (Å²) in [5.74, 6) is 2.37. The van der Waals surface area contributed by atoms with Gasteiger partial charge < -0.3 is 10.3 Å². The molecule has 1 aromatic rings. The van der Waals surface area contributed by atoms with Crippen LogP contribution in [0.1, 0.15) is 19.2 Å². The van der Waals surface area contributed by atoms with Crippen molar-refractivity contribution < 1.29 is 4.52 Å². The normalized spacial score (nSPS) is 13.2. The van der Waals surface area contributed by atoms with Gasteiger partial charge in [0.15, 0.2) is 6.33 Å². The number of nitrogens with two attached hydrogens (primary N) is 1. The van der Waals surface area contributed by atoms with Crippen LogP contribution < -0.4 is 5.73 Å². The molecule has 0 aliphatic rings. The molecule has 5 heteroatoms. The molecule has 4 nitrogen and oxygen atoms in total. The van der Waals surface area contributed by atoms with E-state index in [0.717, 1.165) is 17.9 Å². The summed E-state index contributed by atoms with van der Waals surface area (Å²) in [6.45, 7) is 2.08. The lowest BCUT2D eigenvalue weighted by atomic mass is 10.3. The number of nitrogens with zero attached hydrogens (tertiary/aromatic N) is 2. The summed E-state index contributed by atoms with van der Waals surface area (Å²) in [6.07, 6.45) is 2.42. The number of rotatable bonds is 5. The highest BCUT2D eigenvalue weighted by atomic mass is 32.2. The molecule has 0 saturated heterocycles. The molecule has 2 N–H and O–H groups in total. The Balaban J connectivity index is 2.11. The third-order valence-electron chi connectivity index (χ3n) is 1.49. The summed E-state index contributed by atoms with van der Waals surface area (Å²) in [5, 5.41) is 3.51. The van der Waals surface area contributed by atoms with Crippen LogP contribution in [0.25, 0.3) is 0 Å². The van der Waals surface area contributed by atoms with Crippen LogP contribution in [0.2, 0.25) is 0 Å². The minimum absolute atomic E-state index is 0.276. The summed E-state index contributed by atoms with van der Waals surface area (Å²) >= 11 is 1.72. The Bertz CT molecular complexity index is 202. The second-order valence-corrected chi connectivity index (χ2v) is 3.55. The zero-order chi connectivity index (χ0) is 8.81. The molecular formula is C7H13N3OS. The molecule has 0 fully saturated rings. The average molecular weight is 187 g/mol. The maximum atomic E-state index is 5.72. The van der Waals surface area contributed by atoms with Gasteiger partial charge in [-0.3, -0.25) is 0 Å². The fraction of sp³-hybridized carbons (Fsp3) is 0.714. The van der Waals surface area contributed by atoms with E-state index in [9.17, 15) is 0 Å². The smallest absolute Gasteiger partial charge is 0.236 e. The molecule has 12 heavy (non-hydrogen) atoms. The van der Waals surface area contributed by atoms with Gasteiger partial charge in [-0.2, -0.15) is 16.7 Å². The minimum Gasteiger partial charge on any atom is -0.339 e. The third kappa shape index (κ3) is 3.23. The van der Waals surface area contributed by atoms with Gasteiger partial charge in [0.2, 0.25) is 5.89 Å². The average Bonchev–Trinajstić information content (AvgIpc) is 2.57. The molecule has 1 rings (SSSR count). The molecule has 0 radical (unpaired) electrons. The molecule has 0 aliphatic carbocycles. The Kier molecular flexibility index (Phi) is 4.10. The number of hydrogen-bond acceptors (Lipinski definition) is 5. The molecule has 1 heterocycles. The predicted octanol–water partition coefficient (Wildman–Crippen LogP) is 1.04. The molecule has 0 aliphatic heterocycles. The van der Waals surface area contributed by atoms with Crippen LogP contribution in [0.5, 0.6) is 0 Å². The Morgan fingerprint density at radius 3 is 3.17 bits per heavy atom. The second-order valence-electron chi connectivity index (χ2n) is 2.52. The van der Waals surface area contributed by atoms with Gasteiger partial charge in [-0.25, -0.2) is 0 Å². The minimum atomic E-state index is 0.276. The maximum absolute atomic E-state index is 5.72. The lowest BCUT2D eigenvalue weighted by molar-refractivity contribution is 0.390. The third-order valence-corrected chi connectivity index (χ3v) is 2.60. The molecule has 1 unspecified atom stereocenters. The van der Waals surface area contributed by atoms with E-state index < -0.39 is 0 Å². The van der Waals surface area contributed by atoms with E-state index in [1.54, 1.807) is 11.8 Å². The van der Waals surface area contributed by atoms with Crippen molar-refractivity contribution >= 4 is 11.8 Å². The topological polar surface area (TPSA) is 64.9 Å². The fourth-order valence-electron chi connectivity index (χ4n) is 0.675. The van der Waals surface area contributed by atoms with Gasteiger partial charge in [0.05, 0.1) is 5.75 Å². The van der Waals surface area contributed by atoms with E-state index in [-0.39, 0.29) is 6.04 Å². The lowest BCUT2D eigenvalue weighted by Gasteiger charge is -2.05. The molecule has 0 saturated carbocycles. The van der Waals surface area contributed by atoms with Gasteiger partial charge in [-0.1, -0.05) is 12.1 Å². The number of aromatic nitrogens is 2. The van der Waals surface area contributed by atoms with Gasteiger partial charge in [0.1, 0.15) is 0 Å². The van der Waals surface area contributed by atoms with E-state index in [1.165, 1.54) is 6.33 Å². The molecule has 0 bridgehead atoms. The maximum Gasteiger partial charge on any atom is 0.236 e. The van der Waals surface area contributed by atoms with E-state index in [1.807, 2.05) is 0 Å². The van der Waals surface area contributed by atoms with Crippen molar-refractivity contribution in [2.45, 2.75) is 25.1 Å². The highest BCUT2D eigenvalue weighted by molar-refractivity contribution is 7.98. The first-order valence-corrected chi connectivity index (χ1v) is 5.07. The van der Waals surface area contributed by atoms with Gasteiger partial charge in [0.25, 0.3) is 0 Å². The summed E-state index contributed by atoms with van der Waals surface area (Å²) < 4.78 is 4.83. The van der Waals surface area contributed by atoms with E-state index in [0.29, 0.717) is 5.89 Å². The van der Waals surface area contributed by atoms with Crippen molar-refractivity contribution in [3.63, 3.8) is 0 Å². The Morgan fingerprint density at radius 2 is 2.58 bits per heavy atom. The number of thioether (sulfide) groups is 1. The fourth-order valence-corrected chi connectivity index (χ4v) is 1.63. The first kappa shape index (κ1) is 9.54. The predicted molar refractivity (Wildman–Crippen MR) is 48.7 cm³/mol. The zero-order valence-electron chi connectivity index (χ0n) is 7.06. The summed E-state index contributed by atoms with van der Waals surface area (Å²) in [5.41, 5.74) is 5.72. The Hall–Kier alpha value is -0.550. The molecule has 0 spiro atoms. The molecule has 1 aromatic heterocycles. The van der Waals surface area contributed by atoms with Crippen LogP contribution in [0, 0.1) is 0 Å². The van der Waals surface area contributed by atoms with Gasteiger partial charge in [-0.15, -0.1) is 0 Å². The van der Waals surface area contributed by atoms with E-state index in [2.05, 4.69) is 17.1 Å². The van der Waals surface area contributed by atoms with Crippen LogP contribution in [0.3, 0.4) is 0 Å². The Labute approximate surface area is 75.9 Å². The van der Waals surface area contributed by atoms with E-state index >= 15 is 0 Å². The molecule has 0 aromatic carbocycles. The van der Waals surface area contributed by atoms with Crippen molar-refractivity contribution in [3.8, 4) is 0 Å². The van der Waals surface area contributed by atoms with Crippen molar-refractivity contribution in [2.75, 3.05) is 5.75 Å². The summed E-state index contributed by atoms with van der Waals surface area (Å²) in [4.78, 5) is 3.90. The van der Waals surface area contributed by atoms with Crippen molar-refractivity contribution in [1.29, 1.82) is 0 Å². The van der Waals surface area contributed by atoms with Crippen LogP contribution >= 0.6 is 11.8 Å².